The molecule has 2 atom stereocenters. The fraction of sp³-hybridized carbons (Fsp3) is 0.500. The van der Waals surface area contributed by atoms with Crippen molar-refractivity contribution in [2.24, 2.45) is 5.92 Å². The SMILES string of the molecule is O=C(O)C(c1cccs1)C1CCNC1. The van der Waals surface area contributed by atoms with Crippen molar-refractivity contribution in [1.82, 2.24) is 5.32 Å². The van der Waals surface area contributed by atoms with E-state index in [0.717, 1.165) is 24.4 Å². The van der Waals surface area contributed by atoms with Gasteiger partial charge in [0.2, 0.25) is 0 Å². The lowest BCUT2D eigenvalue weighted by Crippen LogP contribution is -2.22. The van der Waals surface area contributed by atoms with Crippen LogP contribution in [0.1, 0.15) is 17.2 Å². The quantitative estimate of drug-likeness (QED) is 0.797. The third-order valence-electron chi connectivity index (χ3n) is 2.69. The van der Waals surface area contributed by atoms with E-state index in [4.69, 9.17) is 0 Å². The summed E-state index contributed by atoms with van der Waals surface area (Å²) in [5.74, 6) is -0.753. The molecule has 0 spiro atoms. The van der Waals surface area contributed by atoms with E-state index in [-0.39, 0.29) is 11.8 Å². The van der Waals surface area contributed by atoms with Gasteiger partial charge in [0.05, 0.1) is 5.92 Å². The molecule has 14 heavy (non-hydrogen) atoms. The van der Waals surface area contributed by atoms with Crippen LogP contribution in [-0.4, -0.2) is 24.2 Å². The van der Waals surface area contributed by atoms with Crippen molar-refractivity contribution in [2.75, 3.05) is 13.1 Å². The Morgan fingerprint density at radius 1 is 1.71 bits per heavy atom. The number of rotatable bonds is 3. The van der Waals surface area contributed by atoms with E-state index in [1.165, 1.54) is 11.3 Å². The van der Waals surface area contributed by atoms with Crippen molar-refractivity contribution in [3.8, 4) is 0 Å². The molecular formula is C10H13NO2S. The summed E-state index contributed by atoms with van der Waals surface area (Å²) in [6.07, 6.45) is 0.967. The first-order valence-corrected chi connectivity index (χ1v) is 5.64. The Kier molecular flexibility index (Phi) is 2.84. The van der Waals surface area contributed by atoms with Crippen molar-refractivity contribution in [3.63, 3.8) is 0 Å². The highest BCUT2D eigenvalue weighted by atomic mass is 32.1. The van der Waals surface area contributed by atoms with Gasteiger partial charge in [-0.25, -0.2) is 0 Å². The minimum absolute atomic E-state index is 0.256. The van der Waals surface area contributed by atoms with Crippen molar-refractivity contribution < 1.29 is 9.90 Å². The van der Waals surface area contributed by atoms with Crippen LogP contribution in [0, 0.1) is 5.92 Å². The van der Waals surface area contributed by atoms with Crippen molar-refractivity contribution in [1.29, 1.82) is 0 Å². The first-order chi connectivity index (χ1) is 6.79. The van der Waals surface area contributed by atoms with E-state index in [0.29, 0.717) is 0 Å². The van der Waals surface area contributed by atoms with Gasteiger partial charge in [-0.05, 0) is 36.9 Å². The van der Waals surface area contributed by atoms with Gasteiger partial charge in [0, 0.05) is 4.88 Å². The highest BCUT2D eigenvalue weighted by Crippen LogP contribution is 2.32. The third-order valence-corrected chi connectivity index (χ3v) is 3.64. The highest BCUT2D eigenvalue weighted by Gasteiger charge is 2.32. The zero-order valence-electron chi connectivity index (χ0n) is 7.77. The molecule has 3 nitrogen and oxygen atoms in total. The molecule has 4 heteroatoms. The maximum Gasteiger partial charge on any atom is 0.312 e. The molecule has 1 aliphatic rings. The summed E-state index contributed by atoms with van der Waals surface area (Å²) in [5, 5.41) is 14.3. The van der Waals surface area contributed by atoms with Crippen LogP contribution in [0.2, 0.25) is 0 Å². The van der Waals surface area contributed by atoms with Gasteiger partial charge in [-0.2, -0.15) is 0 Å². The molecule has 0 saturated carbocycles. The maximum atomic E-state index is 11.2. The van der Waals surface area contributed by atoms with Crippen LogP contribution in [0.3, 0.4) is 0 Å². The van der Waals surface area contributed by atoms with Crippen molar-refractivity contribution in [2.45, 2.75) is 12.3 Å². The number of nitrogens with one attached hydrogen (secondary N) is 1. The first-order valence-electron chi connectivity index (χ1n) is 4.76. The lowest BCUT2D eigenvalue weighted by Gasteiger charge is -2.16. The molecule has 2 heterocycles. The second-order valence-corrected chi connectivity index (χ2v) is 4.56. The Morgan fingerprint density at radius 2 is 2.57 bits per heavy atom. The maximum absolute atomic E-state index is 11.2. The zero-order valence-corrected chi connectivity index (χ0v) is 8.59. The summed E-state index contributed by atoms with van der Waals surface area (Å²) in [6, 6.07) is 3.83. The molecule has 1 fully saturated rings. The van der Waals surface area contributed by atoms with Crippen LogP contribution in [-0.2, 0) is 4.79 Å². The van der Waals surface area contributed by atoms with Gasteiger partial charge in [0.15, 0.2) is 0 Å². The van der Waals surface area contributed by atoms with Crippen LogP contribution >= 0.6 is 11.3 Å². The molecule has 2 N–H and O–H groups in total. The van der Waals surface area contributed by atoms with Gasteiger partial charge >= 0.3 is 5.97 Å². The summed E-state index contributed by atoms with van der Waals surface area (Å²) in [6.45, 7) is 1.77. The summed E-state index contributed by atoms with van der Waals surface area (Å²) in [4.78, 5) is 12.1. The van der Waals surface area contributed by atoms with E-state index >= 15 is 0 Å². The van der Waals surface area contributed by atoms with Crippen molar-refractivity contribution >= 4 is 17.3 Å². The predicted molar refractivity (Wildman–Crippen MR) is 55.7 cm³/mol. The molecule has 2 rings (SSSR count). The van der Waals surface area contributed by atoms with Crippen molar-refractivity contribution in [3.05, 3.63) is 22.4 Å². The Hall–Kier alpha value is -0.870. The minimum atomic E-state index is -0.693. The Bertz CT molecular complexity index is 304. The van der Waals surface area contributed by atoms with Crippen LogP contribution in [0.25, 0.3) is 0 Å². The number of thiophene rings is 1. The zero-order chi connectivity index (χ0) is 9.97. The second kappa shape index (κ2) is 4.11. The molecule has 0 bridgehead atoms. The molecule has 0 aliphatic carbocycles. The van der Waals surface area contributed by atoms with Gasteiger partial charge in [-0.3, -0.25) is 4.79 Å². The summed E-state index contributed by atoms with van der Waals surface area (Å²) in [7, 11) is 0. The Labute approximate surface area is 86.8 Å². The number of carboxylic acid groups (broad SMARTS) is 1. The predicted octanol–water partition coefficient (Wildman–Crippen LogP) is 1.53. The average molecular weight is 211 g/mol. The molecule has 1 aromatic heterocycles. The smallest absolute Gasteiger partial charge is 0.312 e. The van der Waals surface area contributed by atoms with Gasteiger partial charge in [-0.1, -0.05) is 6.07 Å². The molecule has 1 saturated heterocycles. The largest absolute Gasteiger partial charge is 0.481 e. The van der Waals surface area contributed by atoms with E-state index in [1.807, 2.05) is 17.5 Å². The molecule has 76 valence electrons. The van der Waals surface area contributed by atoms with Gasteiger partial charge < -0.3 is 10.4 Å². The second-order valence-electron chi connectivity index (χ2n) is 3.58. The molecule has 0 aromatic carbocycles. The topological polar surface area (TPSA) is 49.3 Å². The number of hydrogen-bond donors (Lipinski definition) is 2. The minimum Gasteiger partial charge on any atom is -0.481 e. The third kappa shape index (κ3) is 1.81. The fourth-order valence-electron chi connectivity index (χ4n) is 1.99. The van der Waals surface area contributed by atoms with E-state index in [1.54, 1.807) is 0 Å². The molecule has 1 aromatic rings. The molecule has 2 unspecified atom stereocenters. The lowest BCUT2D eigenvalue weighted by atomic mass is 9.90. The average Bonchev–Trinajstić information content (AvgIpc) is 2.75. The number of carboxylic acids is 1. The fourth-order valence-corrected chi connectivity index (χ4v) is 2.90. The van der Waals surface area contributed by atoms with E-state index < -0.39 is 5.97 Å². The van der Waals surface area contributed by atoms with Gasteiger partial charge in [0.25, 0.3) is 0 Å². The Balaban J connectivity index is 2.19. The molecule has 0 radical (unpaired) electrons. The summed E-state index contributed by atoms with van der Waals surface area (Å²) >= 11 is 1.54. The summed E-state index contributed by atoms with van der Waals surface area (Å²) < 4.78 is 0. The number of aliphatic carboxylic acids is 1. The monoisotopic (exact) mass is 211 g/mol. The Morgan fingerprint density at radius 3 is 3.07 bits per heavy atom. The number of hydrogen-bond acceptors (Lipinski definition) is 3. The standard InChI is InChI=1S/C10H13NO2S/c12-10(13)9(7-3-4-11-6-7)8-2-1-5-14-8/h1-2,5,7,9,11H,3-4,6H2,(H,12,13). The van der Waals surface area contributed by atoms with E-state index in [9.17, 15) is 9.90 Å². The molecule has 0 amide bonds. The summed E-state index contributed by atoms with van der Waals surface area (Å²) in [5.41, 5.74) is 0. The van der Waals surface area contributed by atoms with Gasteiger partial charge in [0.1, 0.15) is 0 Å². The van der Waals surface area contributed by atoms with Crippen LogP contribution in [0.15, 0.2) is 17.5 Å². The van der Waals surface area contributed by atoms with E-state index in [2.05, 4.69) is 5.32 Å². The molecule has 1 aliphatic heterocycles. The molecular weight excluding hydrogens is 198 g/mol. The van der Waals surface area contributed by atoms with Crippen LogP contribution < -0.4 is 5.32 Å². The van der Waals surface area contributed by atoms with Crippen LogP contribution in [0.4, 0.5) is 0 Å². The highest BCUT2D eigenvalue weighted by molar-refractivity contribution is 7.10. The van der Waals surface area contributed by atoms with Gasteiger partial charge in [-0.15, -0.1) is 11.3 Å². The van der Waals surface area contributed by atoms with Crippen LogP contribution in [0.5, 0.6) is 0 Å². The lowest BCUT2D eigenvalue weighted by molar-refractivity contribution is -0.139. The normalized spacial score (nSPS) is 23.6. The first kappa shape index (κ1) is 9.68. The number of carbonyl (C=O) groups is 1.